The molecule has 0 N–H and O–H groups in total. The molecule has 1 atom stereocenters. The van der Waals surface area contributed by atoms with Crippen molar-refractivity contribution in [2.75, 3.05) is 12.9 Å². The molecule has 0 spiro atoms. The topological polar surface area (TPSA) is 129 Å². The number of ether oxygens (including phenoxy) is 2. The minimum Gasteiger partial charge on any atom is -0.431 e. The molecule has 1 fully saturated rings. The summed E-state index contributed by atoms with van der Waals surface area (Å²) in [5.41, 5.74) is 0. The normalized spacial score (nSPS) is 15.8. The second kappa shape index (κ2) is 9.36. The highest BCUT2D eigenvalue weighted by Crippen LogP contribution is 2.24. The van der Waals surface area contributed by atoms with Crippen molar-refractivity contribution in [3.05, 3.63) is 16.3 Å². The Morgan fingerprint density at radius 2 is 2.04 bits per heavy atom. The van der Waals surface area contributed by atoms with Crippen molar-refractivity contribution >= 4 is 51.4 Å². The van der Waals surface area contributed by atoms with Gasteiger partial charge in [0.1, 0.15) is 4.88 Å². The summed E-state index contributed by atoms with van der Waals surface area (Å²) in [6.45, 7) is 0.693. The average molecular weight is 378 g/mol. The Kier molecular flexibility index (Phi) is 7.83. The molecule has 0 bridgehead atoms. The predicted molar refractivity (Wildman–Crippen MR) is 81.0 cm³/mol. The smallest absolute Gasteiger partial charge is 0.383 e. The molecule has 1 unspecified atom stereocenters. The van der Waals surface area contributed by atoms with Crippen molar-refractivity contribution in [3.8, 4) is 0 Å². The lowest BCUT2D eigenvalue weighted by molar-refractivity contribution is -0.184. The highest BCUT2D eigenvalue weighted by molar-refractivity contribution is 7.98. The lowest BCUT2D eigenvalue weighted by Gasteiger charge is -2.25. The van der Waals surface area contributed by atoms with Crippen LogP contribution in [0.1, 0.15) is 16.1 Å². The molecule has 0 amide bonds. The van der Waals surface area contributed by atoms with Crippen LogP contribution in [-0.4, -0.2) is 45.7 Å². The van der Waals surface area contributed by atoms with Crippen LogP contribution in [0.3, 0.4) is 0 Å². The van der Waals surface area contributed by atoms with Gasteiger partial charge in [-0.3, -0.25) is 0 Å². The van der Waals surface area contributed by atoms with Crippen LogP contribution in [0.15, 0.2) is 25.1 Å². The number of carbonyl (C=O) groups excluding carboxylic acids is 3. The summed E-state index contributed by atoms with van der Waals surface area (Å²) in [5, 5.41) is 1.95. The van der Waals surface area contributed by atoms with Crippen molar-refractivity contribution in [3.63, 3.8) is 0 Å². The van der Waals surface area contributed by atoms with Crippen molar-refractivity contribution in [1.29, 1.82) is 0 Å². The van der Waals surface area contributed by atoms with E-state index in [4.69, 9.17) is 9.47 Å². The molecule has 2 heterocycles. The van der Waals surface area contributed by atoms with Gasteiger partial charge in [0.2, 0.25) is 6.29 Å². The van der Waals surface area contributed by atoms with E-state index in [0.29, 0.717) is 23.6 Å². The van der Waals surface area contributed by atoms with E-state index < -0.39 is 10.2 Å². The number of thioether (sulfide) groups is 1. The predicted octanol–water partition coefficient (Wildman–Crippen LogP) is 1.28. The number of hydrogen-bond donors (Lipinski definition) is 0. The number of rotatable bonds is 5. The maximum atomic E-state index is 11.5. The van der Waals surface area contributed by atoms with Gasteiger partial charge in [-0.1, -0.05) is 8.80 Å². The number of hydrogen-bond acceptors (Lipinski definition) is 9. The van der Waals surface area contributed by atoms with Crippen LogP contribution in [0.5, 0.6) is 0 Å². The molecule has 1 aliphatic heterocycles. The van der Waals surface area contributed by atoms with Crippen molar-refractivity contribution in [2.45, 2.75) is 17.6 Å². The fourth-order valence-electron chi connectivity index (χ4n) is 1.13. The van der Waals surface area contributed by atoms with Gasteiger partial charge in [-0.25, -0.2) is 14.4 Å². The lowest BCUT2D eigenvalue weighted by Crippen LogP contribution is -2.31. The van der Waals surface area contributed by atoms with E-state index in [-0.39, 0.29) is 12.3 Å². The van der Waals surface area contributed by atoms with Gasteiger partial charge in [0.15, 0.2) is 0 Å². The molecule has 124 valence electrons. The van der Waals surface area contributed by atoms with Gasteiger partial charge < -0.3 is 9.47 Å². The van der Waals surface area contributed by atoms with Crippen LogP contribution < -0.4 is 0 Å². The summed E-state index contributed by atoms with van der Waals surface area (Å²) in [5.74, 6) is -0.278. The van der Waals surface area contributed by atoms with Crippen molar-refractivity contribution < 1.29 is 32.3 Å². The van der Waals surface area contributed by atoms with Gasteiger partial charge in [0, 0.05) is 16.7 Å². The number of esters is 1. The lowest BCUT2D eigenvalue weighted by atomic mass is 10.3. The minimum atomic E-state index is -4.28. The highest BCUT2D eigenvalue weighted by atomic mass is 32.2. The van der Waals surface area contributed by atoms with E-state index in [1.54, 1.807) is 11.8 Å². The first kappa shape index (κ1) is 19.2. The van der Waals surface area contributed by atoms with Gasteiger partial charge in [-0.2, -0.15) is 8.42 Å². The van der Waals surface area contributed by atoms with Crippen molar-refractivity contribution in [2.24, 2.45) is 8.80 Å². The van der Waals surface area contributed by atoms with Crippen molar-refractivity contribution in [1.82, 2.24) is 0 Å². The van der Waals surface area contributed by atoms with E-state index in [1.165, 1.54) is 11.3 Å². The van der Waals surface area contributed by atoms with Gasteiger partial charge in [0.25, 0.3) is 12.2 Å². The zero-order valence-electron chi connectivity index (χ0n) is 11.6. The van der Waals surface area contributed by atoms with E-state index >= 15 is 0 Å². The Hall–Kier alpha value is -1.81. The Morgan fingerprint density at radius 3 is 2.43 bits per heavy atom. The molecule has 1 aliphatic rings. The minimum absolute atomic E-state index is 0.278. The standard InChI is InChI=1S/C9H10O3S2.C2N2O4S/c1-13-6-4-7(14-5-6)9(10)12-8-2-3-11-8;5-1-3-9(7,8)4-2-6/h4-5,8H,2-3H2,1H3;. The molecule has 0 aromatic carbocycles. The molecule has 0 saturated carbocycles. The van der Waals surface area contributed by atoms with Crippen LogP contribution in [0.2, 0.25) is 0 Å². The fourth-order valence-corrected chi connectivity index (χ4v) is 2.85. The molecule has 2 rings (SSSR count). The Labute approximate surface area is 139 Å². The maximum Gasteiger partial charge on any atom is 0.383 e. The van der Waals surface area contributed by atoms with Gasteiger partial charge >= 0.3 is 16.2 Å². The first-order chi connectivity index (χ1) is 10.9. The molecule has 9 nitrogen and oxygen atoms in total. The molecule has 1 aromatic heterocycles. The number of carbonyl (C=O) groups is 1. The van der Waals surface area contributed by atoms with Gasteiger partial charge in [0.05, 0.1) is 6.61 Å². The second-order valence-electron chi connectivity index (χ2n) is 3.66. The molecular weight excluding hydrogens is 368 g/mol. The summed E-state index contributed by atoms with van der Waals surface area (Å²) in [6, 6.07) is 1.84. The zero-order valence-corrected chi connectivity index (χ0v) is 14.1. The third-order valence-electron chi connectivity index (χ3n) is 2.21. The SMILES string of the molecule is CSc1csc(C(=O)OC2CCO2)c1.O=C=NS(=O)(=O)N=C=O. The monoisotopic (exact) mass is 378 g/mol. The summed E-state index contributed by atoms with van der Waals surface area (Å²) in [4.78, 5) is 31.7. The highest BCUT2D eigenvalue weighted by Gasteiger charge is 2.23. The summed E-state index contributed by atoms with van der Waals surface area (Å²) in [7, 11) is -4.28. The maximum absolute atomic E-state index is 11.5. The molecule has 0 radical (unpaired) electrons. The molecule has 1 saturated heterocycles. The van der Waals surface area contributed by atoms with Gasteiger partial charge in [-0.15, -0.1) is 23.1 Å². The Balaban J connectivity index is 0.000000257. The average Bonchev–Trinajstić information content (AvgIpc) is 2.92. The summed E-state index contributed by atoms with van der Waals surface area (Å²) in [6.07, 6.45) is 3.89. The fraction of sp³-hybridized carbons (Fsp3) is 0.364. The first-order valence-electron chi connectivity index (χ1n) is 5.80. The molecular formula is C11H10N2O7S3. The molecule has 23 heavy (non-hydrogen) atoms. The van der Waals surface area contributed by atoms with E-state index in [2.05, 4.69) is 8.80 Å². The molecule has 1 aromatic rings. The largest absolute Gasteiger partial charge is 0.431 e. The Bertz CT molecular complexity index is 717. The quantitative estimate of drug-likeness (QED) is 0.324. The zero-order chi connectivity index (χ0) is 17.3. The number of nitrogens with zero attached hydrogens (tertiary/aromatic N) is 2. The van der Waals surface area contributed by atoms with E-state index in [9.17, 15) is 22.8 Å². The third-order valence-corrected chi connectivity index (χ3v) is 4.59. The van der Waals surface area contributed by atoms with Crippen LogP contribution in [0.4, 0.5) is 0 Å². The van der Waals surface area contributed by atoms with Crippen LogP contribution in [0.25, 0.3) is 0 Å². The summed E-state index contributed by atoms with van der Waals surface area (Å²) < 4.78 is 34.4. The number of isocyanates is 2. The van der Waals surface area contributed by atoms with Gasteiger partial charge in [-0.05, 0) is 12.3 Å². The number of thiophene rings is 1. The Morgan fingerprint density at radius 1 is 1.43 bits per heavy atom. The van der Waals surface area contributed by atoms with Crippen LogP contribution in [-0.2, 0) is 29.3 Å². The van der Waals surface area contributed by atoms with Crippen LogP contribution in [0, 0.1) is 0 Å². The molecule has 12 heteroatoms. The molecule has 0 aliphatic carbocycles. The third kappa shape index (κ3) is 6.87. The van der Waals surface area contributed by atoms with E-state index in [0.717, 1.165) is 11.3 Å². The second-order valence-corrected chi connectivity index (χ2v) is 6.71. The van der Waals surface area contributed by atoms with E-state index in [1.807, 2.05) is 17.7 Å². The summed E-state index contributed by atoms with van der Waals surface area (Å²) >= 11 is 3.02. The van der Waals surface area contributed by atoms with Crippen LogP contribution >= 0.6 is 23.1 Å². The first-order valence-corrected chi connectivity index (χ1v) is 9.30.